The predicted molar refractivity (Wildman–Crippen MR) is 102 cm³/mol. The zero-order chi connectivity index (χ0) is 17.1. The van der Waals surface area contributed by atoms with Crippen LogP contribution in [0.3, 0.4) is 0 Å². The Morgan fingerprint density at radius 3 is 2.64 bits per heavy atom. The number of nitrogens with one attached hydrogen (secondary N) is 1. The molecule has 25 heavy (non-hydrogen) atoms. The Morgan fingerprint density at radius 2 is 1.84 bits per heavy atom. The van der Waals surface area contributed by atoms with Crippen molar-refractivity contribution in [2.45, 2.75) is 18.9 Å². The Hall–Kier alpha value is -2.17. The van der Waals surface area contributed by atoms with Gasteiger partial charge in [-0.2, -0.15) is 0 Å². The number of benzene rings is 2. The second-order valence-electron chi connectivity index (χ2n) is 6.44. The molecule has 3 aromatic rings. The summed E-state index contributed by atoms with van der Waals surface area (Å²) in [6.45, 7) is 1.55. The molecule has 0 bridgehead atoms. The average molecular weight is 351 g/mol. The van der Waals surface area contributed by atoms with Gasteiger partial charge in [0.2, 0.25) is 0 Å². The lowest BCUT2D eigenvalue weighted by Crippen LogP contribution is -2.35. The highest BCUT2D eigenvalue weighted by molar-refractivity contribution is 7.10. The van der Waals surface area contributed by atoms with Crippen molar-refractivity contribution in [3.63, 3.8) is 0 Å². The molecular weight excluding hydrogens is 330 g/mol. The molecule has 1 atom stereocenters. The number of carbonyl (C=O) groups is 1. The summed E-state index contributed by atoms with van der Waals surface area (Å²) < 4.78 is 5.51. The summed E-state index contributed by atoms with van der Waals surface area (Å²) >= 11 is 1.71. The summed E-state index contributed by atoms with van der Waals surface area (Å²) in [6.07, 6.45) is 1.97. The summed E-state index contributed by atoms with van der Waals surface area (Å²) in [5.74, 6) is 0.424. The topological polar surface area (TPSA) is 38.3 Å². The highest BCUT2D eigenvalue weighted by Crippen LogP contribution is 2.33. The molecule has 128 valence electrons. The summed E-state index contributed by atoms with van der Waals surface area (Å²) in [4.78, 5) is 14.3. The molecule has 1 amide bonds. The van der Waals surface area contributed by atoms with Crippen molar-refractivity contribution in [2.24, 2.45) is 5.92 Å². The van der Waals surface area contributed by atoms with Crippen molar-refractivity contribution in [2.75, 3.05) is 13.2 Å². The summed E-state index contributed by atoms with van der Waals surface area (Å²) in [6, 6.07) is 18.2. The van der Waals surface area contributed by atoms with Crippen LogP contribution in [0.4, 0.5) is 0 Å². The Morgan fingerprint density at radius 1 is 1.04 bits per heavy atom. The van der Waals surface area contributed by atoms with Gasteiger partial charge in [-0.25, -0.2) is 0 Å². The number of hydrogen-bond acceptors (Lipinski definition) is 3. The fourth-order valence-electron chi connectivity index (χ4n) is 3.58. The first-order chi connectivity index (χ1) is 12.3. The van der Waals surface area contributed by atoms with Crippen molar-refractivity contribution in [1.29, 1.82) is 0 Å². The van der Waals surface area contributed by atoms with Gasteiger partial charge in [-0.15, -0.1) is 11.3 Å². The van der Waals surface area contributed by atoms with E-state index in [0.29, 0.717) is 5.92 Å². The van der Waals surface area contributed by atoms with Gasteiger partial charge in [0, 0.05) is 23.7 Å². The first-order valence-corrected chi connectivity index (χ1v) is 9.60. The smallest absolute Gasteiger partial charge is 0.252 e. The molecule has 1 saturated heterocycles. The van der Waals surface area contributed by atoms with E-state index in [0.717, 1.165) is 42.4 Å². The third-order valence-corrected chi connectivity index (χ3v) is 5.86. The van der Waals surface area contributed by atoms with Gasteiger partial charge in [-0.1, -0.05) is 42.5 Å². The van der Waals surface area contributed by atoms with Gasteiger partial charge < -0.3 is 10.1 Å². The fraction of sp³-hybridized carbons (Fsp3) is 0.286. The van der Waals surface area contributed by atoms with E-state index in [1.165, 1.54) is 4.88 Å². The molecule has 1 unspecified atom stereocenters. The second kappa shape index (κ2) is 7.38. The molecule has 0 radical (unpaired) electrons. The van der Waals surface area contributed by atoms with Gasteiger partial charge in [-0.3, -0.25) is 4.79 Å². The molecule has 2 aromatic carbocycles. The van der Waals surface area contributed by atoms with Crippen molar-refractivity contribution in [3.8, 4) is 0 Å². The summed E-state index contributed by atoms with van der Waals surface area (Å²) in [5.41, 5.74) is 0.742. The minimum Gasteiger partial charge on any atom is -0.381 e. The summed E-state index contributed by atoms with van der Waals surface area (Å²) in [5, 5.41) is 7.48. The van der Waals surface area contributed by atoms with Crippen molar-refractivity contribution in [3.05, 3.63) is 70.4 Å². The first kappa shape index (κ1) is 16.3. The Kier molecular flexibility index (Phi) is 4.81. The molecule has 0 spiro atoms. The van der Waals surface area contributed by atoms with Crippen LogP contribution in [0, 0.1) is 5.92 Å². The quantitative estimate of drug-likeness (QED) is 0.733. The van der Waals surface area contributed by atoms with Crippen LogP contribution >= 0.6 is 11.3 Å². The van der Waals surface area contributed by atoms with E-state index in [4.69, 9.17) is 4.74 Å². The van der Waals surface area contributed by atoms with Crippen LogP contribution in [-0.2, 0) is 4.74 Å². The van der Waals surface area contributed by atoms with E-state index in [2.05, 4.69) is 22.8 Å². The third-order valence-electron chi connectivity index (χ3n) is 4.91. The molecule has 1 aromatic heterocycles. The van der Waals surface area contributed by atoms with Crippen LogP contribution < -0.4 is 5.32 Å². The Labute approximate surface area is 151 Å². The maximum atomic E-state index is 13.1. The van der Waals surface area contributed by atoms with Gasteiger partial charge >= 0.3 is 0 Å². The number of rotatable bonds is 4. The third kappa shape index (κ3) is 3.46. The van der Waals surface area contributed by atoms with E-state index in [-0.39, 0.29) is 11.9 Å². The lowest BCUT2D eigenvalue weighted by molar-refractivity contribution is 0.0518. The average Bonchev–Trinajstić information content (AvgIpc) is 3.20. The lowest BCUT2D eigenvalue weighted by atomic mass is 9.90. The molecule has 1 aliphatic heterocycles. The zero-order valence-electron chi connectivity index (χ0n) is 14.0. The molecule has 1 aliphatic rings. The van der Waals surface area contributed by atoms with E-state index in [1.807, 2.05) is 42.5 Å². The highest BCUT2D eigenvalue weighted by atomic mass is 32.1. The van der Waals surface area contributed by atoms with Crippen molar-refractivity contribution >= 4 is 28.0 Å². The molecule has 0 aliphatic carbocycles. The van der Waals surface area contributed by atoms with Crippen molar-refractivity contribution in [1.82, 2.24) is 5.32 Å². The fourth-order valence-corrected chi connectivity index (χ4v) is 4.45. The number of fused-ring (bicyclic) bond motifs is 1. The maximum Gasteiger partial charge on any atom is 0.252 e. The van der Waals surface area contributed by atoms with E-state index in [9.17, 15) is 4.79 Å². The van der Waals surface area contributed by atoms with Crippen LogP contribution in [-0.4, -0.2) is 19.1 Å². The molecule has 4 heteroatoms. The number of ether oxygens (including phenoxy) is 1. The highest BCUT2D eigenvalue weighted by Gasteiger charge is 2.28. The van der Waals surface area contributed by atoms with Gasteiger partial charge in [0.25, 0.3) is 5.91 Å². The van der Waals surface area contributed by atoms with Crippen LogP contribution in [0.5, 0.6) is 0 Å². The molecular formula is C21H21NO2S. The largest absolute Gasteiger partial charge is 0.381 e. The SMILES string of the molecule is O=C(NC(c1cccs1)C1CCOCC1)c1cccc2ccccc12. The maximum absolute atomic E-state index is 13.1. The molecule has 1 N–H and O–H groups in total. The minimum absolute atomic E-state index is 0.00157. The molecule has 2 heterocycles. The number of amides is 1. The molecule has 0 saturated carbocycles. The van der Waals surface area contributed by atoms with E-state index in [1.54, 1.807) is 11.3 Å². The normalized spacial score (nSPS) is 16.6. The number of hydrogen-bond donors (Lipinski definition) is 1. The first-order valence-electron chi connectivity index (χ1n) is 8.73. The minimum atomic E-state index is 0.00157. The predicted octanol–water partition coefficient (Wildman–Crippen LogP) is 4.80. The van der Waals surface area contributed by atoms with Crippen molar-refractivity contribution < 1.29 is 9.53 Å². The molecule has 4 rings (SSSR count). The molecule has 3 nitrogen and oxygen atoms in total. The van der Waals surface area contributed by atoms with E-state index < -0.39 is 0 Å². The molecule has 1 fully saturated rings. The standard InChI is InChI=1S/C21H21NO2S/c23-21(18-8-3-6-15-5-1-2-7-17(15)18)22-20(19-9-4-14-25-19)16-10-12-24-13-11-16/h1-9,14,16,20H,10-13H2,(H,22,23). The summed E-state index contributed by atoms with van der Waals surface area (Å²) in [7, 11) is 0. The van der Waals surface area contributed by atoms with E-state index >= 15 is 0 Å². The van der Waals surface area contributed by atoms with Gasteiger partial charge in [-0.05, 0) is 47.0 Å². The lowest BCUT2D eigenvalue weighted by Gasteiger charge is -2.30. The van der Waals surface area contributed by atoms with Crippen LogP contribution in [0.25, 0.3) is 10.8 Å². The second-order valence-corrected chi connectivity index (χ2v) is 7.42. The number of carbonyl (C=O) groups excluding carboxylic acids is 1. The van der Waals surface area contributed by atoms with Gasteiger partial charge in [0.1, 0.15) is 0 Å². The van der Waals surface area contributed by atoms with Gasteiger partial charge in [0.15, 0.2) is 0 Å². The number of thiophene rings is 1. The zero-order valence-corrected chi connectivity index (χ0v) is 14.8. The van der Waals surface area contributed by atoms with Crippen LogP contribution in [0.2, 0.25) is 0 Å². The Balaban J connectivity index is 1.64. The van der Waals surface area contributed by atoms with Crippen LogP contribution in [0.15, 0.2) is 60.0 Å². The van der Waals surface area contributed by atoms with Gasteiger partial charge in [0.05, 0.1) is 6.04 Å². The van der Waals surface area contributed by atoms with Crippen LogP contribution in [0.1, 0.15) is 34.1 Å². The monoisotopic (exact) mass is 351 g/mol. The Bertz CT molecular complexity index is 848.